The van der Waals surface area contributed by atoms with Crippen LogP contribution in [0.1, 0.15) is 19.3 Å². The average molecular weight is 497 g/mol. The van der Waals surface area contributed by atoms with Gasteiger partial charge < -0.3 is 9.05 Å². The fourth-order valence-corrected chi connectivity index (χ4v) is 9.23. The van der Waals surface area contributed by atoms with Gasteiger partial charge in [0.15, 0.2) is 0 Å². The second-order valence-corrected chi connectivity index (χ2v) is 13.1. The Bertz CT molecular complexity index is 1040. The molecule has 0 aromatic heterocycles. The smallest absolute Gasteiger partial charge is 0.0921 e. The first-order valence-electron chi connectivity index (χ1n) is 12.5. The molecule has 2 nitrogen and oxygen atoms in total. The van der Waals surface area contributed by atoms with Crippen molar-refractivity contribution in [2.45, 2.75) is 31.5 Å². The standard InChI is InChI=1S/C31H30O2P2/c1-5-13-26(14-6-1)34(27-15-7-2-8-16-27)32-25-21-24-22-31(30(24)23-25)33-35(28-17-9-3-10-18-28)29-19-11-4-12-20-29/h1-20,24-25,30-31H,21-23H2/t24-,25-,30-,31+/m0/s1. The van der Waals surface area contributed by atoms with Gasteiger partial charge in [0.05, 0.1) is 28.5 Å². The van der Waals surface area contributed by atoms with Crippen LogP contribution in [-0.4, -0.2) is 12.2 Å². The first kappa shape index (κ1) is 23.1. The summed E-state index contributed by atoms with van der Waals surface area (Å²) < 4.78 is 13.8. The molecule has 2 aliphatic rings. The normalized spacial score (nSPS) is 23.3. The van der Waals surface area contributed by atoms with Crippen LogP contribution in [-0.2, 0) is 9.05 Å². The van der Waals surface area contributed by atoms with Crippen LogP contribution in [0.2, 0.25) is 0 Å². The lowest BCUT2D eigenvalue weighted by molar-refractivity contribution is 0.0161. The van der Waals surface area contributed by atoms with Crippen molar-refractivity contribution in [3.05, 3.63) is 121 Å². The van der Waals surface area contributed by atoms with Crippen molar-refractivity contribution < 1.29 is 9.05 Å². The molecule has 2 aliphatic carbocycles. The van der Waals surface area contributed by atoms with Crippen LogP contribution in [0.5, 0.6) is 0 Å². The SMILES string of the molecule is c1ccc(P(O[C@H]2C[C@H]3C[C@@H](OP(c4ccccc4)c4ccccc4)[C@H]3C2)c2ccccc2)cc1. The van der Waals surface area contributed by atoms with E-state index in [0.717, 1.165) is 25.2 Å². The molecule has 0 N–H and O–H groups in total. The van der Waals surface area contributed by atoms with Gasteiger partial charge in [-0.1, -0.05) is 121 Å². The van der Waals surface area contributed by atoms with Crippen LogP contribution in [0.4, 0.5) is 0 Å². The highest BCUT2D eigenvalue weighted by molar-refractivity contribution is 7.68. The number of rotatable bonds is 8. The minimum atomic E-state index is -0.812. The topological polar surface area (TPSA) is 18.5 Å². The highest BCUT2D eigenvalue weighted by atomic mass is 31.1. The molecule has 0 saturated heterocycles. The molecule has 4 heteroatoms. The van der Waals surface area contributed by atoms with E-state index < -0.39 is 16.3 Å². The number of benzene rings is 4. The Morgan fingerprint density at radius 2 is 0.857 bits per heavy atom. The summed E-state index contributed by atoms with van der Waals surface area (Å²) in [6, 6.07) is 43.0. The fraction of sp³-hybridized carbons (Fsp3) is 0.226. The number of hydrogen-bond donors (Lipinski definition) is 0. The maximum absolute atomic E-state index is 6.91. The summed E-state index contributed by atoms with van der Waals surface area (Å²) >= 11 is 0. The van der Waals surface area contributed by atoms with E-state index in [1.165, 1.54) is 21.2 Å². The van der Waals surface area contributed by atoms with E-state index in [9.17, 15) is 0 Å². The third kappa shape index (κ3) is 5.13. The molecule has 35 heavy (non-hydrogen) atoms. The molecule has 4 aromatic rings. The van der Waals surface area contributed by atoms with Crippen molar-refractivity contribution in [1.29, 1.82) is 0 Å². The lowest BCUT2D eigenvalue weighted by atomic mass is 9.74. The molecule has 4 atom stereocenters. The minimum absolute atomic E-state index is 0.296. The lowest BCUT2D eigenvalue weighted by Crippen LogP contribution is -2.40. The van der Waals surface area contributed by atoms with Gasteiger partial charge in [-0.3, -0.25) is 0 Å². The molecule has 0 unspecified atom stereocenters. The molecule has 6 rings (SSSR count). The fourth-order valence-electron chi connectivity index (χ4n) is 5.40. The molecule has 2 saturated carbocycles. The molecule has 0 spiro atoms. The summed E-state index contributed by atoms with van der Waals surface area (Å²) in [5, 5.41) is 5.16. The summed E-state index contributed by atoms with van der Waals surface area (Å²) in [7, 11) is -1.62. The van der Waals surface area contributed by atoms with Gasteiger partial charge in [0, 0.05) is 21.2 Å². The number of fused-ring (bicyclic) bond motifs is 1. The Labute approximate surface area is 211 Å². The Morgan fingerprint density at radius 1 is 0.457 bits per heavy atom. The quantitative estimate of drug-likeness (QED) is 0.267. The van der Waals surface area contributed by atoms with Gasteiger partial charge in [0.25, 0.3) is 0 Å². The lowest BCUT2D eigenvalue weighted by Gasteiger charge is -2.41. The zero-order valence-electron chi connectivity index (χ0n) is 19.7. The summed E-state index contributed by atoms with van der Waals surface area (Å²) in [6.45, 7) is 0. The molecule has 0 radical (unpaired) electrons. The van der Waals surface area contributed by atoms with Crippen LogP contribution in [0, 0.1) is 11.8 Å². The van der Waals surface area contributed by atoms with Crippen molar-refractivity contribution >= 4 is 37.5 Å². The van der Waals surface area contributed by atoms with E-state index in [2.05, 4.69) is 121 Å². The van der Waals surface area contributed by atoms with Gasteiger partial charge >= 0.3 is 0 Å². The van der Waals surface area contributed by atoms with E-state index in [-0.39, 0.29) is 0 Å². The highest BCUT2D eigenvalue weighted by Crippen LogP contribution is 2.55. The Hall–Kier alpha value is -2.34. The second-order valence-electron chi connectivity index (χ2n) is 9.43. The second kappa shape index (κ2) is 10.7. The van der Waals surface area contributed by atoms with E-state index >= 15 is 0 Å². The molecular weight excluding hydrogens is 466 g/mol. The van der Waals surface area contributed by atoms with Gasteiger partial charge in [-0.15, -0.1) is 0 Å². The third-order valence-corrected chi connectivity index (χ3v) is 11.2. The largest absolute Gasteiger partial charge is 0.346 e. The minimum Gasteiger partial charge on any atom is -0.346 e. The summed E-state index contributed by atoms with van der Waals surface area (Å²) in [4.78, 5) is 0. The third-order valence-electron chi connectivity index (χ3n) is 7.18. The van der Waals surface area contributed by atoms with E-state index in [1.54, 1.807) is 0 Å². The van der Waals surface area contributed by atoms with Gasteiger partial charge in [0.1, 0.15) is 0 Å². The van der Waals surface area contributed by atoms with Crippen LogP contribution in [0.3, 0.4) is 0 Å². The van der Waals surface area contributed by atoms with Gasteiger partial charge in [-0.05, 0) is 31.1 Å². The Morgan fingerprint density at radius 3 is 1.29 bits per heavy atom. The van der Waals surface area contributed by atoms with E-state index in [0.29, 0.717) is 18.1 Å². The first-order valence-corrected chi connectivity index (χ1v) is 15.0. The van der Waals surface area contributed by atoms with E-state index in [1.807, 2.05) is 0 Å². The predicted molar refractivity (Wildman–Crippen MR) is 149 cm³/mol. The van der Waals surface area contributed by atoms with Crippen molar-refractivity contribution in [2.75, 3.05) is 0 Å². The van der Waals surface area contributed by atoms with Crippen molar-refractivity contribution in [3.8, 4) is 0 Å². The van der Waals surface area contributed by atoms with Crippen molar-refractivity contribution in [3.63, 3.8) is 0 Å². The Balaban J connectivity index is 1.17. The van der Waals surface area contributed by atoms with Crippen LogP contribution < -0.4 is 21.2 Å². The maximum Gasteiger partial charge on any atom is 0.0921 e. The van der Waals surface area contributed by atoms with Crippen LogP contribution >= 0.6 is 16.3 Å². The molecule has 0 bridgehead atoms. The predicted octanol–water partition coefficient (Wildman–Crippen LogP) is 6.28. The van der Waals surface area contributed by atoms with Crippen LogP contribution in [0.25, 0.3) is 0 Å². The zero-order valence-corrected chi connectivity index (χ0v) is 21.5. The summed E-state index contributed by atoms with van der Waals surface area (Å²) in [5.41, 5.74) is 0. The maximum atomic E-state index is 6.91. The van der Waals surface area contributed by atoms with E-state index in [4.69, 9.17) is 9.05 Å². The molecule has 0 amide bonds. The van der Waals surface area contributed by atoms with Crippen LogP contribution in [0.15, 0.2) is 121 Å². The molecule has 0 heterocycles. The van der Waals surface area contributed by atoms with Gasteiger partial charge in [0.2, 0.25) is 0 Å². The molecule has 0 aliphatic heterocycles. The molecular formula is C31H30O2P2. The summed E-state index contributed by atoms with van der Waals surface area (Å²) in [6.07, 6.45) is 4.01. The van der Waals surface area contributed by atoms with Crippen molar-refractivity contribution in [2.24, 2.45) is 11.8 Å². The zero-order chi connectivity index (χ0) is 23.5. The highest BCUT2D eigenvalue weighted by Gasteiger charge is 2.50. The first-order chi connectivity index (χ1) is 17.3. The van der Waals surface area contributed by atoms with Gasteiger partial charge in [-0.25, -0.2) is 0 Å². The monoisotopic (exact) mass is 496 g/mol. The summed E-state index contributed by atoms with van der Waals surface area (Å²) in [5.74, 6) is 1.32. The average Bonchev–Trinajstić information content (AvgIpc) is 3.25. The molecule has 2 fully saturated rings. The van der Waals surface area contributed by atoms with Crippen molar-refractivity contribution in [1.82, 2.24) is 0 Å². The molecule has 4 aromatic carbocycles. The van der Waals surface area contributed by atoms with Gasteiger partial charge in [-0.2, -0.15) is 0 Å². The number of hydrogen-bond acceptors (Lipinski definition) is 2. The Kier molecular flexibility index (Phi) is 7.08. The molecule has 176 valence electrons.